The first-order chi connectivity index (χ1) is 11.8. The number of hydrogen-bond donors (Lipinski definition) is 3. The van der Waals surface area contributed by atoms with Crippen LogP contribution in [0.1, 0.15) is 10.4 Å². The van der Waals surface area contributed by atoms with Gasteiger partial charge in [0.05, 0.1) is 0 Å². The van der Waals surface area contributed by atoms with Gasteiger partial charge in [-0.25, -0.2) is 0 Å². The van der Waals surface area contributed by atoms with E-state index in [-0.39, 0.29) is 5.11 Å². The minimum absolute atomic E-state index is 0.189. The molecule has 0 unspecified atom stereocenters. The molecule has 0 fully saturated rings. The van der Waals surface area contributed by atoms with Crippen LogP contribution in [0.5, 0.6) is 0 Å². The number of nitrogens with one attached hydrogen (secondary N) is 3. The first-order valence-electron chi connectivity index (χ1n) is 7.01. The number of halogens is 4. The highest BCUT2D eigenvalue weighted by Crippen LogP contribution is 2.29. The average molecular weight is 437 g/mol. The lowest BCUT2D eigenvalue weighted by atomic mass is 10.2. The highest BCUT2D eigenvalue weighted by molar-refractivity contribution is 7.80. The fourth-order valence-corrected chi connectivity index (χ4v) is 2.62. The minimum Gasteiger partial charge on any atom is -0.339 e. The quantitative estimate of drug-likeness (QED) is 0.367. The number of rotatable bonds is 4. The van der Waals surface area contributed by atoms with Gasteiger partial charge in [-0.1, -0.05) is 70.7 Å². The number of anilines is 1. The van der Waals surface area contributed by atoms with Gasteiger partial charge in [-0.05, 0) is 42.5 Å². The number of amides is 1. The molecule has 0 heterocycles. The van der Waals surface area contributed by atoms with Crippen LogP contribution in [-0.2, 0) is 0 Å². The number of carbonyl (C=O) groups excluding carboxylic acids is 1. The molecule has 0 bridgehead atoms. The van der Waals surface area contributed by atoms with Crippen LogP contribution < -0.4 is 16.0 Å². The summed E-state index contributed by atoms with van der Waals surface area (Å²) in [6, 6.07) is 15.6. The van der Waals surface area contributed by atoms with E-state index < -0.39 is 15.9 Å². The predicted molar refractivity (Wildman–Crippen MR) is 109 cm³/mol. The number of thiocarbonyl (C=S) groups is 1. The Balaban J connectivity index is 2.06. The summed E-state index contributed by atoms with van der Waals surface area (Å²) < 4.78 is -1.84. The van der Waals surface area contributed by atoms with Crippen LogP contribution >= 0.6 is 58.6 Å². The minimum atomic E-state index is -1.84. The van der Waals surface area contributed by atoms with E-state index in [9.17, 15) is 4.79 Å². The van der Waals surface area contributed by atoms with Gasteiger partial charge in [-0.15, -0.1) is 0 Å². The summed E-state index contributed by atoms with van der Waals surface area (Å²) >= 11 is 28.9. The second-order valence-corrected chi connectivity index (χ2v) is 8.14. The van der Waals surface area contributed by atoms with Crippen LogP contribution in [0.3, 0.4) is 0 Å². The van der Waals surface area contributed by atoms with Crippen molar-refractivity contribution in [3.8, 4) is 0 Å². The van der Waals surface area contributed by atoms with Gasteiger partial charge in [0.1, 0.15) is 6.17 Å². The molecule has 0 aliphatic carbocycles. The predicted octanol–water partition coefficient (Wildman–Crippen LogP) is 4.75. The lowest BCUT2D eigenvalue weighted by Crippen LogP contribution is -2.56. The summed E-state index contributed by atoms with van der Waals surface area (Å²) in [7, 11) is 0. The first-order valence-corrected chi connectivity index (χ1v) is 8.93. The Morgan fingerprint density at radius 1 is 1.00 bits per heavy atom. The molecule has 1 atom stereocenters. The molecule has 0 saturated carbocycles. The van der Waals surface area contributed by atoms with E-state index in [1.807, 2.05) is 30.3 Å². The number of alkyl halides is 3. The van der Waals surface area contributed by atoms with Gasteiger partial charge in [0, 0.05) is 16.3 Å². The molecule has 2 aromatic rings. The standard InChI is InChI=1S/C16H13Cl4N3OS/c17-11-6-4-5-10(9-11)13(24)22-14(16(18,19)20)23-15(25)21-12-7-2-1-3-8-12/h1-9,14H,(H,22,24)(H2,21,23,25)/t14-/m1/s1. The van der Waals surface area contributed by atoms with Crippen molar-refractivity contribution < 1.29 is 4.79 Å². The van der Waals surface area contributed by atoms with Gasteiger partial charge in [0.15, 0.2) is 5.11 Å². The molecule has 0 aliphatic rings. The van der Waals surface area contributed by atoms with Crippen molar-refractivity contribution >= 4 is 75.3 Å². The van der Waals surface area contributed by atoms with E-state index >= 15 is 0 Å². The molecule has 0 spiro atoms. The van der Waals surface area contributed by atoms with E-state index in [4.69, 9.17) is 58.6 Å². The SMILES string of the molecule is O=C(N[C@H](NC(=S)Nc1ccccc1)C(Cl)(Cl)Cl)c1cccc(Cl)c1. The Morgan fingerprint density at radius 2 is 1.68 bits per heavy atom. The van der Waals surface area contributed by atoms with Gasteiger partial charge in [-0.2, -0.15) is 0 Å². The van der Waals surface area contributed by atoms with E-state index in [2.05, 4.69) is 16.0 Å². The van der Waals surface area contributed by atoms with Crippen LogP contribution in [0.4, 0.5) is 5.69 Å². The van der Waals surface area contributed by atoms with Crippen molar-refractivity contribution in [1.82, 2.24) is 10.6 Å². The number of para-hydroxylation sites is 1. The van der Waals surface area contributed by atoms with Crippen molar-refractivity contribution in [2.45, 2.75) is 9.96 Å². The van der Waals surface area contributed by atoms with Gasteiger partial charge in [0.25, 0.3) is 5.91 Å². The normalized spacial score (nSPS) is 12.2. The monoisotopic (exact) mass is 435 g/mol. The summed E-state index contributed by atoms with van der Waals surface area (Å²) in [6.07, 6.45) is -1.06. The molecular weight excluding hydrogens is 424 g/mol. The summed E-state index contributed by atoms with van der Waals surface area (Å²) in [5, 5.41) is 8.92. The van der Waals surface area contributed by atoms with Gasteiger partial charge in [-0.3, -0.25) is 4.79 Å². The number of hydrogen-bond acceptors (Lipinski definition) is 2. The summed E-state index contributed by atoms with van der Waals surface area (Å²) in [5.74, 6) is -0.464. The Labute approximate surface area is 170 Å². The average Bonchev–Trinajstić information content (AvgIpc) is 2.54. The lowest BCUT2D eigenvalue weighted by molar-refractivity contribution is 0.0934. The van der Waals surface area contributed by atoms with Crippen molar-refractivity contribution in [3.63, 3.8) is 0 Å². The zero-order chi connectivity index (χ0) is 18.4. The molecule has 0 aliphatic heterocycles. The largest absolute Gasteiger partial charge is 0.339 e. The fraction of sp³-hybridized carbons (Fsp3) is 0.125. The first kappa shape index (κ1) is 20.1. The van der Waals surface area contributed by atoms with Crippen molar-refractivity contribution in [3.05, 3.63) is 65.2 Å². The van der Waals surface area contributed by atoms with Gasteiger partial charge >= 0.3 is 0 Å². The molecule has 3 N–H and O–H groups in total. The highest BCUT2D eigenvalue weighted by Gasteiger charge is 2.34. The molecule has 0 saturated heterocycles. The van der Waals surface area contributed by atoms with E-state index in [0.29, 0.717) is 10.6 Å². The summed E-state index contributed by atoms with van der Waals surface area (Å²) in [5.41, 5.74) is 1.08. The third kappa shape index (κ3) is 6.53. The molecule has 2 aromatic carbocycles. The Kier molecular flexibility index (Phi) is 7.16. The molecule has 25 heavy (non-hydrogen) atoms. The molecule has 2 rings (SSSR count). The van der Waals surface area contributed by atoms with Crippen LogP contribution in [-0.4, -0.2) is 21.0 Å². The van der Waals surface area contributed by atoms with E-state index in [1.54, 1.807) is 18.2 Å². The van der Waals surface area contributed by atoms with Crippen LogP contribution in [0, 0.1) is 0 Å². The third-order valence-corrected chi connectivity index (χ3v) is 4.11. The molecular formula is C16H13Cl4N3OS. The number of benzene rings is 2. The molecule has 4 nitrogen and oxygen atoms in total. The topological polar surface area (TPSA) is 53.2 Å². The molecule has 9 heteroatoms. The zero-order valence-electron chi connectivity index (χ0n) is 12.6. The Morgan fingerprint density at radius 3 is 2.28 bits per heavy atom. The van der Waals surface area contributed by atoms with Crippen molar-refractivity contribution in [1.29, 1.82) is 0 Å². The maximum atomic E-state index is 12.3. The van der Waals surface area contributed by atoms with E-state index in [1.165, 1.54) is 6.07 Å². The molecule has 0 aromatic heterocycles. The smallest absolute Gasteiger partial charge is 0.253 e. The second-order valence-electron chi connectivity index (χ2n) is 4.92. The lowest BCUT2D eigenvalue weighted by Gasteiger charge is -2.27. The second kappa shape index (κ2) is 8.92. The van der Waals surface area contributed by atoms with E-state index in [0.717, 1.165) is 5.69 Å². The van der Waals surface area contributed by atoms with Gasteiger partial charge in [0.2, 0.25) is 3.79 Å². The van der Waals surface area contributed by atoms with Crippen molar-refractivity contribution in [2.75, 3.05) is 5.32 Å². The fourth-order valence-electron chi connectivity index (χ4n) is 1.86. The highest BCUT2D eigenvalue weighted by atomic mass is 35.6. The third-order valence-electron chi connectivity index (χ3n) is 3.00. The summed E-state index contributed by atoms with van der Waals surface area (Å²) in [4.78, 5) is 12.3. The zero-order valence-corrected chi connectivity index (χ0v) is 16.4. The molecule has 0 radical (unpaired) electrons. The maximum absolute atomic E-state index is 12.3. The molecule has 132 valence electrons. The molecule has 1 amide bonds. The van der Waals surface area contributed by atoms with Crippen LogP contribution in [0.2, 0.25) is 5.02 Å². The van der Waals surface area contributed by atoms with Gasteiger partial charge < -0.3 is 16.0 Å². The van der Waals surface area contributed by atoms with Crippen LogP contribution in [0.25, 0.3) is 0 Å². The van der Waals surface area contributed by atoms with Crippen LogP contribution in [0.15, 0.2) is 54.6 Å². The Hall–Kier alpha value is -1.24. The Bertz CT molecular complexity index is 753. The van der Waals surface area contributed by atoms with Crippen molar-refractivity contribution in [2.24, 2.45) is 0 Å². The maximum Gasteiger partial charge on any atom is 0.253 e. The number of carbonyl (C=O) groups is 1. The summed E-state index contributed by atoms with van der Waals surface area (Å²) in [6.45, 7) is 0.